The molecule has 1 aromatic heterocycles. The van der Waals surface area contributed by atoms with Crippen molar-refractivity contribution in [1.29, 1.82) is 0 Å². The lowest BCUT2D eigenvalue weighted by molar-refractivity contribution is 0.0625. The molecule has 0 unspecified atom stereocenters. The molecular formula is C12H19FN4O2. The first kappa shape index (κ1) is 14.0. The van der Waals surface area contributed by atoms with Crippen LogP contribution in [0, 0.1) is 5.82 Å². The molecule has 1 fully saturated rings. The summed E-state index contributed by atoms with van der Waals surface area (Å²) < 4.78 is 18.1. The number of methoxy groups -OCH3 is 1. The molecule has 0 saturated carbocycles. The largest absolute Gasteiger partial charge is 0.479 e. The molecule has 2 atom stereocenters. The second-order valence-electron chi connectivity index (χ2n) is 4.86. The van der Waals surface area contributed by atoms with Gasteiger partial charge < -0.3 is 19.6 Å². The third-order valence-corrected chi connectivity index (χ3v) is 3.39. The molecule has 0 amide bonds. The highest BCUT2D eigenvalue weighted by Gasteiger charge is 2.30. The maximum atomic E-state index is 13.3. The van der Waals surface area contributed by atoms with Gasteiger partial charge in [0.2, 0.25) is 11.8 Å². The molecule has 1 saturated heterocycles. The molecule has 2 rings (SSSR count). The van der Waals surface area contributed by atoms with Crippen molar-refractivity contribution >= 4 is 5.95 Å². The van der Waals surface area contributed by atoms with Crippen LogP contribution >= 0.6 is 0 Å². The van der Waals surface area contributed by atoms with E-state index in [9.17, 15) is 9.50 Å². The summed E-state index contributed by atoms with van der Waals surface area (Å²) in [6.45, 7) is 1.15. The van der Waals surface area contributed by atoms with Crippen molar-refractivity contribution in [2.24, 2.45) is 0 Å². The van der Waals surface area contributed by atoms with E-state index in [-0.39, 0.29) is 11.9 Å². The summed E-state index contributed by atoms with van der Waals surface area (Å²) in [5.41, 5.74) is 0. The van der Waals surface area contributed by atoms with Crippen LogP contribution in [-0.4, -0.2) is 66.4 Å². The zero-order chi connectivity index (χ0) is 14.0. The standard InChI is InChI=1S/C12H19FN4O2/c1-16(2)9-4-5-17(7-10(9)18)12-14-6-8(13)11(15-12)19-3/h6,9-10,18H,4-5,7H2,1-3H3/t9-,10-/m0/s1. The minimum atomic E-state index is -0.588. The number of piperidine rings is 1. The van der Waals surface area contributed by atoms with Gasteiger partial charge in [-0.3, -0.25) is 0 Å². The smallest absolute Gasteiger partial charge is 0.255 e. The van der Waals surface area contributed by atoms with Gasteiger partial charge in [0, 0.05) is 19.1 Å². The number of β-amino-alcohol motifs (C(OH)–C–C–N with tert-alkyl or cyclic N) is 1. The second-order valence-corrected chi connectivity index (χ2v) is 4.86. The number of aromatic nitrogens is 2. The van der Waals surface area contributed by atoms with Crippen molar-refractivity contribution in [3.05, 3.63) is 12.0 Å². The van der Waals surface area contributed by atoms with E-state index in [0.717, 1.165) is 12.6 Å². The van der Waals surface area contributed by atoms with Crippen LogP contribution < -0.4 is 9.64 Å². The molecule has 6 nitrogen and oxygen atoms in total. The number of rotatable bonds is 3. The highest BCUT2D eigenvalue weighted by molar-refractivity contribution is 5.34. The molecular weight excluding hydrogens is 251 g/mol. The third kappa shape index (κ3) is 2.93. The zero-order valence-electron chi connectivity index (χ0n) is 11.4. The lowest BCUT2D eigenvalue weighted by atomic mass is 10.0. The van der Waals surface area contributed by atoms with Gasteiger partial charge in [-0.1, -0.05) is 0 Å². The van der Waals surface area contributed by atoms with Gasteiger partial charge in [-0.15, -0.1) is 0 Å². The SMILES string of the molecule is COc1nc(N2CC[C@H](N(C)C)[C@@H](O)C2)ncc1F. The summed E-state index contributed by atoms with van der Waals surface area (Å²) in [7, 11) is 5.25. The number of aliphatic hydroxyl groups is 1. The Balaban J connectivity index is 2.12. The number of halogens is 1. The van der Waals surface area contributed by atoms with Crippen LogP contribution in [0.2, 0.25) is 0 Å². The van der Waals surface area contributed by atoms with Crippen molar-refractivity contribution in [3.8, 4) is 5.88 Å². The van der Waals surface area contributed by atoms with Gasteiger partial charge in [-0.25, -0.2) is 4.98 Å². The molecule has 1 aromatic rings. The van der Waals surface area contributed by atoms with Gasteiger partial charge in [0.15, 0.2) is 0 Å². The van der Waals surface area contributed by atoms with Gasteiger partial charge in [0.25, 0.3) is 5.88 Å². The molecule has 0 aliphatic carbocycles. The van der Waals surface area contributed by atoms with E-state index < -0.39 is 11.9 Å². The van der Waals surface area contributed by atoms with E-state index >= 15 is 0 Å². The summed E-state index contributed by atoms with van der Waals surface area (Å²) in [6, 6.07) is 0.124. The maximum absolute atomic E-state index is 13.3. The van der Waals surface area contributed by atoms with Crippen LogP contribution in [0.3, 0.4) is 0 Å². The number of hydrogen-bond donors (Lipinski definition) is 1. The summed E-state index contributed by atoms with van der Waals surface area (Å²) in [4.78, 5) is 11.8. The van der Waals surface area contributed by atoms with E-state index in [1.807, 2.05) is 23.9 Å². The first-order valence-electron chi connectivity index (χ1n) is 6.19. The predicted octanol–water partition coefficient (Wildman–Crippen LogP) is 0.125. The van der Waals surface area contributed by atoms with E-state index in [4.69, 9.17) is 4.74 Å². The first-order chi connectivity index (χ1) is 9.02. The fourth-order valence-electron chi connectivity index (χ4n) is 2.34. The molecule has 1 aliphatic heterocycles. The number of hydrogen-bond acceptors (Lipinski definition) is 6. The molecule has 7 heteroatoms. The Morgan fingerprint density at radius 2 is 2.26 bits per heavy atom. The molecule has 0 spiro atoms. The Morgan fingerprint density at radius 3 is 2.84 bits per heavy atom. The van der Waals surface area contributed by atoms with Gasteiger partial charge in [-0.05, 0) is 20.5 Å². The number of aliphatic hydroxyl groups excluding tert-OH is 1. The predicted molar refractivity (Wildman–Crippen MR) is 68.9 cm³/mol. The minimum absolute atomic E-state index is 0.0748. The molecule has 106 valence electrons. The Bertz CT molecular complexity index is 444. The van der Waals surface area contributed by atoms with Crippen molar-refractivity contribution in [2.45, 2.75) is 18.6 Å². The van der Waals surface area contributed by atoms with Crippen LogP contribution in [0.5, 0.6) is 5.88 Å². The quantitative estimate of drug-likeness (QED) is 0.842. The Hall–Kier alpha value is -1.47. The molecule has 0 bridgehead atoms. The van der Waals surface area contributed by atoms with Crippen molar-refractivity contribution in [2.75, 3.05) is 39.2 Å². The Morgan fingerprint density at radius 1 is 1.53 bits per heavy atom. The normalized spacial score (nSPS) is 23.8. The van der Waals surface area contributed by atoms with Crippen LogP contribution in [0.25, 0.3) is 0 Å². The van der Waals surface area contributed by atoms with Gasteiger partial charge in [0.05, 0.1) is 19.4 Å². The van der Waals surface area contributed by atoms with Crippen LogP contribution in [0.15, 0.2) is 6.20 Å². The Labute approximate surface area is 111 Å². The molecule has 1 aliphatic rings. The molecule has 19 heavy (non-hydrogen) atoms. The van der Waals surface area contributed by atoms with Gasteiger partial charge in [0.1, 0.15) is 0 Å². The van der Waals surface area contributed by atoms with Crippen LogP contribution in [-0.2, 0) is 0 Å². The lowest BCUT2D eigenvalue weighted by Gasteiger charge is -2.38. The zero-order valence-corrected chi connectivity index (χ0v) is 11.4. The minimum Gasteiger partial charge on any atom is -0.479 e. The summed E-state index contributed by atoms with van der Waals surface area (Å²) in [5.74, 6) is -0.279. The number of likely N-dealkylation sites (N-methyl/N-ethyl adjacent to an activating group) is 1. The number of nitrogens with zero attached hydrogens (tertiary/aromatic N) is 4. The summed E-state index contributed by atoms with van der Waals surface area (Å²) in [5, 5.41) is 10.1. The van der Waals surface area contributed by atoms with E-state index in [1.54, 1.807) is 0 Å². The topological polar surface area (TPSA) is 61.7 Å². The van der Waals surface area contributed by atoms with Gasteiger partial charge >= 0.3 is 0 Å². The number of anilines is 1. The summed E-state index contributed by atoms with van der Waals surface area (Å²) in [6.07, 6.45) is 1.41. The average molecular weight is 270 g/mol. The second kappa shape index (κ2) is 5.66. The maximum Gasteiger partial charge on any atom is 0.255 e. The van der Waals surface area contributed by atoms with Crippen molar-refractivity contribution in [3.63, 3.8) is 0 Å². The van der Waals surface area contributed by atoms with Crippen LogP contribution in [0.4, 0.5) is 10.3 Å². The fourth-order valence-corrected chi connectivity index (χ4v) is 2.34. The summed E-state index contributed by atoms with van der Waals surface area (Å²) >= 11 is 0. The van der Waals surface area contributed by atoms with E-state index in [0.29, 0.717) is 19.0 Å². The van der Waals surface area contributed by atoms with Crippen molar-refractivity contribution < 1.29 is 14.2 Å². The van der Waals surface area contributed by atoms with Crippen LogP contribution in [0.1, 0.15) is 6.42 Å². The lowest BCUT2D eigenvalue weighted by Crippen LogP contribution is -2.52. The fraction of sp³-hybridized carbons (Fsp3) is 0.667. The number of ether oxygens (including phenoxy) is 1. The Kier molecular flexibility index (Phi) is 4.16. The molecule has 0 radical (unpaired) electrons. The molecule has 0 aromatic carbocycles. The highest BCUT2D eigenvalue weighted by atomic mass is 19.1. The first-order valence-corrected chi connectivity index (χ1v) is 6.19. The van der Waals surface area contributed by atoms with E-state index in [1.165, 1.54) is 7.11 Å². The monoisotopic (exact) mass is 270 g/mol. The average Bonchev–Trinajstić information content (AvgIpc) is 2.38. The van der Waals surface area contributed by atoms with E-state index in [2.05, 4.69) is 9.97 Å². The molecule has 1 N–H and O–H groups in total. The molecule has 2 heterocycles. The van der Waals surface area contributed by atoms with Crippen molar-refractivity contribution in [1.82, 2.24) is 14.9 Å². The highest BCUT2D eigenvalue weighted by Crippen LogP contribution is 2.21. The van der Waals surface area contributed by atoms with Gasteiger partial charge in [-0.2, -0.15) is 9.37 Å². The third-order valence-electron chi connectivity index (χ3n) is 3.39.